The molecule has 2 fully saturated rings. The van der Waals surface area contributed by atoms with Crippen molar-refractivity contribution in [2.24, 2.45) is 10.2 Å². The minimum atomic E-state index is -0.157. The summed E-state index contributed by atoms with van der Waals surface area (Å²) in [5.41, 5.74) is 0. The molecule has 0 radical (unpaired) electrons. The van der Waals surface area contributed by atoms with Crippen LogP contribution in [0.5, 0.6) is 0 Å². The molecule has 2 rings (SSSR count). The summed E-state index contributed by atoms with van der Waals surface area (Å²) in [6.45, 7) is 6.02. The Balaban J connectivity index is 2.19. The van der Waals surface area contributed by atoms with E-state index in [1.54, 1.807) is 7.05 Å². The summed E-state index contributed by atoms with van der Waals surface area (Å²) < 4.78 is 0. The normalized spacial score (nSPS) is 24.2. The lowest BCUT2D eigenvalue weighted by atomic mass is 10.4. The molecule has 2 aliphatic rings. The lowest BCUT2D eigenvalue weighted by Crippen LogP contribution is -2.29. The maximum absolute atomic E-state index is 11.9. The molecule has 20 heavy (non-hydrogen) atoms. The first kappa shape index (κ1) is 14.9. The second-order valence-corrected chi connectivity index (χ2v) is 6.02. The Bertz CT molecular complexity index is 554. The second-order valence-electron chi connectivity index (χ2n) is 4.02. The highest BCUT2D eigenvalue weighted by Crippen LogP contribution is 2.29. The molecule has 0 bridgehead atoms. The van der Waals surface area contributed by atoms with Gasteiger partial charge in [0.15, 0.2) is 10.3 Å². The molecule has 2 amide bonds. The predicted octanol–water partition coefficient (Wildman–Crippen LogP) is 1.48. The largest absolute Gasteiger partial charge is 0.292 e. The van der Waals surface area contributed by atoms with Gasteiger partial charge < -0.3 is 0 Å². The standard InChI is InChI=1S/C12H14N4O2S2/c1-4-5-6-16-10(18)8(2)20-12(16)14-13-11-15(3)9(17)7-19-11/h4-5H,2,6-7H2,1,3H3. The Morgan fingerprint density at radius 3 is 2.65 bits per heavy atom. The van der Waals surface area contributed by atoms with E-state index in [0.29, 0.717) is 27.5 Å². The number of hydrogen-bond donors (Lipinski definition) is 0. The molecule has 0 spiro atoms. The molecule has 0 aliphatic carbocycles. The molecular formula is C12H14N4O2S2. The lowest BCUT2D eigenvalue weighted by molar-refractivity contribution is -0.123. The van der Waals surface area contributed by atoms with Crippen LogP contribution in [-0.4, -0.2) is 51.3 Å². The molecular weight excluding hydrogens is 296 g/mol. The highest BCUT2D eigenvalue weighted by Gasteiger charge is 2.32. The first-order chi connectivity index (χ1) is 9.54. The molecule has 0 aromatic carbocycles. The van der Waals surface area contributed by atoms with Crippen LogP contribution in [0.15, 0.2) is 33.8 Å². The maximum atomic E-state index is 11.9. The lowest BCUT2D eigenvalue weighted by Gasteiger charge is -2.11. The molecule has 2 heterocycles. The number of carbonyl (C=O) groups excluding carboxylic acids is 2. The minimum Gasteiger partial charge on any atom is -0.292 e. The van der Waals surface area contributed by atoms with Gasteiger partial charge >= 0.3 is 0 Å². The van der Waals surface area contributed by atoms with Crippen molar-refractivity contribution in [1.82, 2.24) is 9.80 Å². The van der Waals surface area contributed by atoms with Crippen LogP contribution in [0.4, 0.5) is 0 Å². The first-order valence-electron chi connectivity index (χ1n) is 5.89. The van der Waals surface area contributed by atoms with Gasteiger partial charge in [0, 0.05) is 13.6 Å². The summed E-state index contributed by atoms with van der Waals surface area (Å²) >= 11 is 2.53. The highest BCUT2D eigenvalue weighted by atomic mass is 32.2. The van der Waals surface area contributed by atoms with Gasteiger partial charge in [0.1, 0.15) is 0 Å². The minimum absolute atomic E-state index is 0.000663. The number of allylic oxidation sites excluding steroid dienone is 1. The van der Waals surface area contributed by atoms with Crippen molar-refractivity contribution in [1.29, 1.82) is 0 Å². The summed E-state index contributed by atoms with van der Waals surface area (Å²) in [5.74, 6) is 0.219. The molecule has 8 heteroatoms. The Morgan fingerprint density at radius 2 is 2.05 bits per heavy atom. The quantitative estimate of drug-likeness (QED) is 0.450. The molecule has 2 saturated heterocycles. The van der Waals surface area contributed by atoms with Crippen LogP contribution in [0.1, 0.15) is 6.92 Å². The zero-order valence-electron chi connectivity index (χ0n) is 11.2. The maximum Gasteiger partial charge on any atom is 0.266 e. The van der Waals surface area contributed by atoms with Crippen LogP contribution in [0.3, 0.4) is 0 Å². The van der Waals surface area contributed by atoms with Crippen LogP contribution >= 0.6 is 23.5 Å². The van der Waals surface area contributed by atoms with E-state index in [1.165, 1.54) is 33.3 Å². The summed E-state index contributed by atoms with van der Waals surface area (Å²) in [6.07, 6.45) is 3.72. The Labute approximate surface area is 125 Å². The monoisotopic (exact) mass is 310 g/mol. The molecule has 0 saturated carbocycles. The van der Waals surface area contributed by atoms with Crippen molar-refractivity contribution < 1.29 is 9.59 Å². The fourth-order valence-corrected chi connectivity index (χ4v) is 3.11. The summed E-state index contributed by atoms with van der Waals surface area (Å²) in [6, 6.07) is 0. The van der Waals surface area contributed by atoms with Crippen molar-refractivity contribution in [3.8, 4) is 0 Å². The van der Waals surface area contributed by atoms with Gasteiger partial charge in [0.25, 0.3) is 5.91 Å². The number of amidine groups is 2. The molecule has 0 atom stereocenters. The zero-order chi connectivity index (χ0) is 14.7. The number of thioether (sulfide) groups is 2. The number of hydrogen-bond acceptors (Lipinski definition) is 6. The third-order valence-electron chi connectivity index (χ3n) is 2.66. The van der Waals surface area contributed by atoms with Crippen LogP contribution < -0.4 is 0 Å². The van der Waals surface area contributed by atoms with Crippen LogP contribution in [0, 0.1) is 0 Å². The van der Waals surface area contributed by atoms with Gasteiger partial charge in [-0.3, -0.25) is 19.4 Å². The van der Waals surface area contributed by atoms with E-state index >= 15 is 0 Å². The van der Waals surface area contributed by atoms with E-state index in [2.05, 4.69) is 16.8 Å². The number of rotatable bonds is 3. The molecule has 0 aromatic heterocycles. The highest BCUT2D eigenvalue weighted by molar-refractivity contribution is 8.18. The van der Waals surface area contributed by atoms with Crippen molar-refractivity contribution in [3.05, 3.63) is 23.6 Å². The average Bonchev–Trinajstić information content (AvgIpc) is 2.88. The van der Waals surface area contributed by atoms with E-state index in [-0.39, 0.29) is 11.8 Å². The first-order valence-corrected chi connectivity index (χ1v) is 7.69. The van der Waals surface area contributed by atoms with Gasteiger partial charge in [0.05, 0.1) is 10.7 Å². The van der Waals surface area contributed by atoms with Crippen molar-refractivity contribution in [3.63, 3.8) is 0 Å². The van der Waals surface area contributed by atoms with Gasteiger partial charge in [-0.2, -0.15) is 0 Å². The van der Waals surface area contributed by atoms with Crippen molar-refractivity contribution in [2.45, 2.75) is 6.92 Å². The van der Waals surface area contributed by atoms with Gasteiger partial charge in [-0.25, -0.2) is 0 Å². The molecule has 0 aromatic rings. The number of amides is 2. The summed E-state index contributed by atoms with van der Waals surface area (Å²) in [7, 11) is 1.66. The Kier molecular flexibility index (Phi) is 4.66. The summed E-state index contributed by atoms with van der Waals surface area (Å²) in [4.78, 5) is 26.7. The molecule has 106 valence electrons. The molecule has 2 aliphatic heterocycles. The van der Waals surface area contributed by atoms with E-state index in [9.17, 15) is 9.59 Å². The zero-order valence-corrected chi connectivity index (χ0v) is 12.8. The molecule has 6 nitrogen and oxygen atoms in total. The number of nitrogens with zero attached hydrogens (tertiary/aromatic N) is 4. The van der Waals surface area contributed by atoms with E-state index in [4.69, 9.17) is 0 Å². The Hall–Kier alpha value is -1.54. The van der Waals surface area contributed by atoms with E-state index < -0.39 is 0 Å². The topological polar surface area (TPSA) is 65.3 Å². The fraction of sp³-hybridized carbons (Fsp3) is 0.333. The van der Waals surface area contributed by atoms with Gasteiger partial charge in [-0.05, 0) is 18.7 Å². The third-order valence-corrected chi connectivity index (χ3v) is 4.57. The van der Waals surface area contributed by atoms with Crippen LogP contribution in [0.25, 0.3) is 0 Å². The average molecular weight is 310 g/mol. The van der Waals surface area contributed by atoms with E-state index in [1.807, 2.05) is 19.1 Å². The second kappa shape index (κ2) is 6.27. The molecule has 0 N–H and O–H groups in total. The van der Waals surface area contributed by atoms with Gasteiger partial charge in [0.2, 0.25) is 5.91 Å². The van der Waals surface area contributed by atoms with Gasteiger partial charge in [-0.15, -0.1) is 10.2 Å². The predicted molar refractivity (Wildman–Crippen MR) is 83.4 cm³/mol. The van der Waals surface area contributed by atoms with Crippen LogP contribution in [-0.2, 0) is 9.59 Å². The van der Waals surface area contributed by atoms with Crippen molar-refractivity contribution >= 4 is 45.7 Å². The molecule has 0 unspecified atom stereocenters. The van der Waals surface area contributed by atoms with Crippen molar-refractivity contribution in [2.75, 3.05) is 19.3 Å². The third kappa shape index (κ3) is 2.96. The number of carbonyl (C=O) groups is 2. The Morgan fingerprint density at radius 1 is 1.35 bits per heavy atom. The summed E-state index contributed by atoms with van der Waals surface area (Å²) in [5, 5.41) is 9.17. The fourth-order valence-electron chi connectivity index (χ4n) is 1.50. The van der Waals surface area contributed by atoms with E-state index in [0.717, 1.165) is 0 Å². The smallest absolute Gasteiger partial charge is 0.266 e. The SMILES string of the molecule is C=C1SC(=NN=C2SCC(=O)N2C)N(CC=CC)C1=O. The van der Waals surface area contributed by atoms with Gasteiger partial charge in [-0.1, -0.05) is 30.5 Å². The van der Waals surface area contributed by atoms with Crippen LogP contribution in [0.2, 0.25) is 0 Å².